The van der Waals surface area contributed by atoms with Gasteiger partial charge in [-0.2, -0.15) is 0 Å². The molecule has 24 heavy (non-hydrogen) atoms. The first kappa shape index (κ1) is 20.0. The quantitative estimate of drug-likeness (QED) is 0.221. The molecular weight excluding hydrogens is 423 g/mol. The molecule has 0 spiro atoms. The van der Waals surface area contributed by atoms with Crippen molar-refractivity contribution in [2.75, 3.05) is 0 Å². The summed E-state index contributed by atoms with van der Waals surface area (Å²) in [5.41, 5.74) is 0.490. The van der Waals surface area contributed by atoms with Crippen LogP contribution in [0.15, 0.2) is 42.7 Å². The van der Waals surface area contributed by atoms with E-state index in [4.69, 9.17) is 4.74 Å². The Bertz CT molecular complexity index is 752. The molecule has 0 radical (unpaired) electrons. The highest BCUT2D eigenvalue weighted by Gasteiger charge is 2.26. The first-order valence-electron chi connectivity index (χ1n) is 7.15. The number of nitro benzene ring substituents is 1. The number of halogens is 1. The van der Waals surface area contributed by atoms with Crippen LogP contribution < -0.4 is 28.5 Å². The molecule has 128 valence electrons. The summed E-state index contributed by atoms with van der Waals surface area (Å²) in [5.74, 6) is -0.699. The molecule has 6 nitrogen and oxygen atoms in total. The van der Waals surface area contributed by atoms with Gasteiger partial charge in [0.05, 0.1) is 4.92 Å². The van der Waals surface area contributed by atoms with Crippen LogP contribution in [0.4, 0.5) is 5.69 Å². The van der Waals surface area contributed by atoms with Gasteiger partial charge in [-0.25, -0.2) is 9.36 Å². The lowest BCUT2D eigenvalue weighted by molar-refractivity contribution is -0.671. The van der Waals surface area contributed by atoms with Gasteiger partial charge in [0, 0.05) is 18.2 Å². The van der Waals surface area contributed by atoms with Crippen molar-refractivity contribution in [1.82, 2.24) is 0 Å². The molecule has 0 fully saturated rings. The summed E-state index contributed by atoms with van der Waals surface area (Å²) in [6.45, 7) is 5.15. The third-order valence-electron chi connectivity index (χ3n) is 3.13. The van der Waals surface area contributed by atoms with Crippen molar-refractivity contribution in [1.29, 1.82) is 0 Å². The van der Waals surface area contributed by atoms with Crippen molar-refractivity contribution in [2.45, 2.75) is 26.4 Å². The van der Waals surface area contributed by atoms with E-state index >= 15 is 0 Å². The Kier molecular flexibility index (Phi) is 6.42. The van der Waals surface area contributed by atoms with Crippen LogP contribution in [-0.4, -0.2) is 16.5 Å². The van der Waals surface area contributed by atoms with Gasteiger partial charge < -0.3 is 28.7 Å². The summed E-state index contributed by atoms with van der Waals surface area (Å²) in [4.78, 5) is 22.9. The van der Waals surface area contributed by atoms with Gasteiger partial charge in [0.1, 0.15) is 18.2 Å². The fourth-order valence-electron chi connectivity index (χ4n) is 2.06. The molecule has 0 aliphatic heterocycles. The smallest absolute Gasteiger partial charge is 0.345 e. The SMILES string of the molecule is C[n+]1ccc(-c2ccc(C(=O)OC(C)(C)C)c([N+](=O)[O-])c2)cc1.[I-]. The molecule has 0 N–H and O–H groups in total. The van der Waals surface area contributed by atoms with Crippen LogP contribution in [0.2, 0.25) is 0 Å². The van der Waals surface area contributed by atoms with Crippen LogP contribution >= 0.6 is 0 Å². The average Bonchev–Trinajstić information content (AvgIpc) is 2.45. The van der Waals surface area contributed by atoms with E-state index in [9.17, 15) is 14.9 Å². The highest BCUT2D eigenvalue weighted by Crippen LogP contribution is 2.28. The second-order valence-corrected chi connectivity index (χ2v) is 6.24. The molecule has 1 aromatic heterocycles. The van der Waals surface area contributed by atoms with Gasteiger partial charge in [-0.15, -0.1) is 0 Å². The second kappa shape index (κ2) is 7.69. The number of carbonyl (C=O) groups excluding carboxylic acids is 1. The van der Waals surface area contributed by atoms with E-state index in [1.54, 1.807) is 26.8 Å². The number of nitro groups is 1. The number of benzene rings is 1. The van der Waals surface area contributed by atoms with Crippen molar-refractivity contribution in [3.05, 3.63) is 58.4 Å². The Morgan fingerprint density at radius 3 is 2.21 bits per heavy atom. The highest BCUT2D eigenvalue weighted by molar-refractivity contribution is 5.95. The lowest BCUT2D eigenvalue weighted by atomic mass is 10.0. The lowest BCUT2D eigenvalue weighted by Gasteiger charge is -2.19. The van der Waals surface area contributed by atoms with E-state index < -0.39 is 16.5 Å². The fourth-order valence-corrected chi connectivity index (χ4v) is 2.06. The van der Waals surface area contributed by atoms with Gasteiger partial charge in [-0.05, 0) is 38.0 Å². The van der Waals surface area contributed by atoms with Crippen molar-refractivity contribution in [3.63, 3.8) is 0 Å². The van der Waals surface area contributed by atoms with E-state index in [0.717, 1.165) is 5.56 Å². The predicted octanol–water partition coefficient (Wildman–Crippen LogP) is 0.0456. The van der Waals surface area contributed by atoms with E-state index in [0.29, 0.717) is 5.56 Å². The Labute approximate surface area is 157 Å². The van der Waals surface area contributed by atoms with Crippen LogP contribution in [0.25, 0.3) is 11.1 Å². The standard InChI is InChI=1S/C17H19N2O4.HI/c1-17(2,3)23-16(20)14-6-5-13(11-15(14)19(21)22)12-7-9-18(4)10-8-12;/h5-11H,1-4H3;1H/q+1;/p-1. The molecule has 2 aromatic rings. The molecular formula is C17H19IN2O4. The van der Waals surface area contributed by atoms with Crippen molar-refractivity contribution in [2.24, 2.45) is 7.05 Å². The zero-order valence-electron chi connectivity index (χ0n) is 13.9. The predicted molar refractivity (Wildman–Crippen MR) is 84.9 cm³/mol. The number of hydrogen-bond donors (Lipinski definition) is 0. The first-order valence-corrected chi connectivity index (χ1v) is 7.15. The molecule has 0 aliphatic rings. The zero-order valence-corrected chi connectivity index (χ0v) is 16.1. The number of nitrogens with zero attached hydrogens (tertiary/aromatic N) is 2. The maximum Gasteiger partial charge on any atom is 0.345 e. The minimum atomic E-state index is -0.711. The lowest BCUT2D eigenvalue weighted by Crippen LogP contribution is -3.00. The summed E-state index contributed by atoms with van der Waals surface area (Å²) in [6.07, 6.45) is 3.70. The molecule has 0 unspecified atom stereocenters. The molecule has 0 amide bonds. The van der Waals surface area contributed by atoms with E-state index in [2.05, 4.69) is 0 Å². The Morgan fingerprint density at radius 2 is 1.71 bits per heavy atom. The number of pyridine rings is 1. The number of aromatic nitrogens is 1. The number of rotatable bonds is 3. The number of ether oxygens (including phenoxy) is 1. The number of carbonyl (C=O) groups is 1. The second-order valence-electron chi connectivity index (χ2n) is 6.24. The molecule has 0 aliphatic carbocycles. The fraction of sp³-hybridized carbons (Fsp3) is 0.294. The summed E-state index contributed by atoms with van der Waals surface area (Å²) in [5, 5.41) is 11.3. The van der Waals surface area contributed by atoms with E-state index in [1.165, 1.54) is 12.1 Å². The molecule has 0 bridgehead atoms. The molecule has 0 saturated heterocycles. The van der Waals surface area contributed by atoms with Crippen LogP contribution in [0, 0.1) is 10.1 Å². The Balaban J connectivity index is 0.00000288. The minimum Gasteiger partial charge on any atom is -1.00 e. The number of esters is 1. The molecule has 7 heteroatoms. The maximum absolute atomic E-state index is 12.1. The molecule has 1 aromatic carbocycles. The largest absolute Gasteiger partial charge is 1.00 e. The van der Waals surface area contributed by atoms with Gasteiger partial charge in [0.15, 0.2) is 12.4 Å². The van der Waals surface area contributed by atoms with Crippen LogP contribution in [0.1, 0.15) is 31.1 Å². The average molecular weight is 442 g/mol. The topological polar surface area (TPSA) is 73.3 Å². The third-order valence-corrected chi connectivity index (χ3v) is 3.13. The van der Waals surface area contributed by atoms with Gasteiger partial charge >= 0.3 is 5.97 Å². The minimum absolute atomic E-state index is 0. The van der Waals surface area contributed by atoms with E-state index in [-0.39, 0.29) is 35.2 Å². The normalized spacial score (nSPS) is 10.7. The summed E-state index contributed by atoms with van der Waals surface area (Å²) >= 11 is 0. The van der Waals surface area contributed by atoms with Gasteiger partial charge in [0.25, 0.3) is 5.69 Å². The number of aryl methyl sites for hydroxylation is 1. The Morgan fingerprint density at radius 1 is 1.12 bits per heavy atom. The number of hydrogen-bond acceptors (Lipinski definition) is 4. The third kappa shape index (κ3) is 4.98. The van der Waals surface area contributed by atoms with Crippen molar-refractivity contribution < 1.29 is 43.0 Å². The summed E-state index contributed by atoms with van der Waals surface area (Å²) in [7, 11) is 1.89. The van der Waals surface area contributed by atoms with Gasteiger partial charge in [-0.3, -0.25) is 10.1 Å². The van der Waals surface area contributed by atoms with Crippen LogP contribution in [-0.2, 0) is 11.8 Å². The highest BCUT2D eigenvalue weighted by atomic mass is 127. The Hall–Kier alpha value is -2.03. The molecule has 2 rings (SSSR count). The van der Waals surface area contributed by atoms with Crippen LogP contribution in [0.3, 0.4) is 0 Å². The van der Waals surface area contributed by atoms with Crippen molar-refractivity contribution in [3.8, 4) is 11.1 Å². The van der Waals surface area contributed by atoms with E-state index in [1.807, 2.05) is 36.1 Å². The summed E-state index contributed by atoms with van der Waals surface area (Å²) < 4.78 is 7.10. The van der Waals surface area contributed by atoms with Crippen molar-refractivity contribution >= 4 is 11.7 Å². The molecule has 1 heterocycles. The molecule has 0 saturated carbocycles. The van der Waals surface area contributed by atoms with Gasteiger partial charge in [-0.1, -0.05) is 6.07 Å². The van der Waals surface area contributed by atoms with Crippen LogP contribution in [0.5, 0.6) is 0 Å². The monoisotopic (exact) mass is 442 g/mol. The first-order chi connectivity index (χ1) is 10.7. The summed E-state index contributed by atoms with van der Waals surface area (Å²) in [6, 6.07) is 8.23. The molecule has 0 atom stereocenters. The zero-order chi connectivity index (χ0) is 17.2. The van der Waals surface area contributed by atoms with Gasteiger partial charge in [0.2, 0.25) is 0 Å². The maximum atomic E-state index is 12.1.